The van der Waals surface area contributed by atoms with E-state index < -0.39 is 0 Å². The lowest BCUT2D eigenvalue weighted by atomic mass is 9.78. The molecular formula is C15H30N2. The fourth-order valence-electron chi connectivity index (χ4n) is 3.85. The molecule has 0 aromatic carbocycles. The molecule has 2 saturated carbocycles. The second kappa shape index (κ2) is 5.71. The monoisotopic (exact) mass is 238 g/mol. The molecule has 2 nitrogen and oxygen atoms in total. The van der Waals surface area contributed by atoms with Gasteiger partial charge in [0.25, 0.3) is 0 Å². The molecule has 2 heteroatoms. The summed E-state index contributed by atoms with van der Waals surface area (Å²) in [5.74, 6) is 1.80. The van der Waals surface area contributed by atoms with E-state index in [4.69, 9.17) is 5.73 Å². The lowest BCUT2D eigenvalue weighted by Gasteiger charge is -2.44. The smallest absolute Gasteiger partial charge is 0.0123 e. The van der Waals surface area contributed by atoms with E-state index in [9.17, 15) is 0 Å². The maximum atomic E-state index is 6.01. The van der Waals surface area contributed by atoms with Gasteiger partial charge in [-0.15, -0.1) is 0 Å². The zero-order chi connectivity index (χ0) is 12.4. The van der Waals surface area contributed by atoms with Crippen molar-refractivity contribution in [3.63, 3.8) is 0 Å². The highest BCUT2D eigenvalue weighted by Gasteiger charge is 2.33. The average Bonchev–Trinajstić information content (AvgIpc) is 2.32. The van der Waals surface area contributed by atoms with Crippen LogP contribution in [0.2, 0.25) is 0 Å². The van der Waals surface area contributed by atoms with Gasteiger partial charge in [-0.1, -0.05) is 20.3 Å². The summed E-state index contributed by atoms with van der Waals surface area (Å²) in [4.78, 5) is 2.70. The molecule has 2 fully saturated rings. The summed E-state index contributed by atoms with van der Waals surface area (Å²) in [6.45, 7) is 4.87. The van der Waals surface area contributed by atoms with Crippen molar-refractivity contribution in [3.8, 4) is 0 Å². The minimum atomic E-state index is 0.474. The Morgan fingerprint density at radius 1 is 0.941 bits per heavy atom. The van der Waals surface area contributed by atoms with Crippen molar-refractivity contribution in [3.05, 3.63) is 0 Å². The normalized spacial score (nSPS) is 43.9. The Morgan fingerprint density at radius 3 is 2.24 bits per heavy atom. The van der Waals surface area contributed by atoms with E-state index in [2.05, 4.69) is 25.8 Å². The highest BCUT2D eigenvalue weighted by atomic mass is 15.2. The number of hydrogen-bond acceptors (Lipinski definition) is 2. The van der Waals surface area contributed by atoms with Crippen LogP contribution in [0.15, 0.2) is 0 Å². The standard InChI is InChI=1S/C15H30N2/c1-11-4-5-12(2)15(10-11)17(3)14-8-6-13(16)7-9-14/h11-15H,4-10,16H2,1-3H3. The minimum Gasteiger partial charge on any atom is -0.328 e. The Morgan fingerprint density at radius 2 is 1.59 bits per heavy atom. The van der Waals surface area contributed by atoms with Crippen molar-refractivity contribution in [1.29, 1.82) is 0 Å². The minimum absolute atomic E-state index is 0.474. The van der Waals surface area contributed by atoms with Gasteiger partial charge in [0.2, 0.25) is 0 Å². The quantitative estimate of drug-likeness (QED) is 0.801. The van der Waals surface area contributed by atoms with Crippen LogP contribution in [0.4, 0.5) is 0 Å². The lowest BCUT2D eigenvalue weighted by molar-refractivity contribution is 0.0592. The van der Waals surface area contributed by atoms with Crippen LogP contribution in [0.1, 0.15) is 58.8 Å². The summed E-state index contributed by atoms with van der Waals surface area (Å²) in [6, 6.07) is 2.09. The molecule has 2 aliphatic carbocycles. The van der Waals surface area contributed by atoms with Gasteiger partial charge in [-0.2, -0.15) is 0 Å². The molecule has 3 unspecified atom stereocenters. The molecule has 0 radical (unpaired) electrons. The number of rotatable bonds is 2. The Labute approximate surface area is 107 Å². The van der Waals surface area contributed by atoms with Gasteiger partial charge in [-0.25, -0.2) is 0 Å². The molecule has 2 rings (SSSR count). The highest BCUT2D eigenvalue weighted by molar-refractivity contribution is 4.88. The zero-order valence-electron chi connectivity index (χ0n) is 11.9. The van der Waals surface area contributed by atoms with Gasteiger partial charge >= 0.3 is 0 Å². The summed E-state index contributed by atoms with van der Waals surface area (Å²) < 4.78 is 0. The third-order valence-corrected chi connectivity index (χ3v) is 5.26. The third kappa shape index (κ3) is 3.23. The maximum Gasteiger partial charge on any atom is 0.0123 e. The van der Waals surface area contributed by atoms with Gasteiger partial charge in [-0.3, -0.25) is 0 Å². The SMILES string of the molecule is CC1CCC(C)C(N(C)C2CCC(N)CC2)C1. The predicted octanol–water partition coefficient (Wildman–Crippen LogP) is 3.01. The van der Waals surface area contributed by atoms with Crippen molar-refractivity contribution >= 4 is 0 Å². The molecule has 2 N–H and O–H groups in total. The van der Waals surface area contributed by atoms with Crippen LogP contribution in [0, 0.1) is 11.8 Å². The van der Waals surface area contributed by atoms with Crippen molar-refractivity contribution in [2.75, 3.05) is 7.05 Å². The molecule has 100 valence electrons. The van der Waals surface area contributed by atoms with Crippen LogP contribution in [0.3, 0.4) is 0 Å². The number of nitrogens with two attached hydrogens (primary N) is 1. The number of nitrogens with zero attached hydrogens (tertiary/aromatic N) is 1. The molecule has 0 saturated heterocycles. The molecule has 0 aliphatic heterocycles. The Kier molecular flexibility index (Phi) is 4.48. The second-order valence-corrected chi connectivity index (χ2v) is 6.70. The Bertz CT molecular complexity index is 233. The Hall–Kier alpha value is -0.0800. The first-order valence-corrected chi connectivity index (χ1v) is 7.55. The van der Waals surface area contributed by atoms with Gasteiger partial charge in [0.05, 0.1) is 0 Å². The van der Waals surface area contributed by atoms with E-state index in [-0.39, 0.29) is 0 Å². The molecule has 2 aliphatic rings. The summed E-state index contributed by atoms with van der Waals surface area (Å²) in [5, 5.41) is 0. The van der Waals surface area contributed by atoms with E-state index in [0.29, 0.717) is 6.04 Å². The molecule has 0 heterocycles. The first kappa shape index (κ1) is 13.4. The van der Waals surface area contributed by atoms with Crippen molar-refractivity contribution in [2.45, 2.75) is 76.9 Å². The van der Waals surface area contributed by atoms with Crippen molar-refractivity contribution in [1.82, 2.24) is 4.90 Å². The van der Waals surface area contributed by atoms with Gasteiger partial charge in [-0.05, 0) is 57.4 Å². The van der Waals surface area contributed by atoms with E-state index in [1.165, 1.54) is 44.9 Å². The van der Waals surface area contributed by atoms with E-state index in [0.717, 1.165) is 23.9 Å². The summed E-state index contributed by atoms with van der Waals surface area (Å²) in [7, 11) is 2.36. The largest absolute Gasteiger partial charge is 0.328 e. The molecule has 0 aromatic rings. The van der Waals surface area contributed by atoms with Gasteiger partial charge < -0.3 is 10.6 Å². The third-order valence-electron chi connectivity index (χ3n) is 5.26. The van der Waals surface area contributed by atoms with Gasteiger partial charge in [0.15, 0.2) is 0 Å². The highest BCUT2D eigenvalue weighted by Crippen LogP contribution is 2.34. The molecule has 0 amide bonds. The maximum absolute atomic E-state index is 6.01. The van der Waals surface area contributed by atoms with E-state index >= 15 is 0 Å². The average molecular weight is 238 g/mol. The van der Waals surface area contributed by atoms with Crippen LogP contribution in [0.5, 0.6) is 0 Å². The lowest BCUT2D eigenvalue weighted by Crippen LogP contribution is -2.48. The van der Waals surface area contributed by atoms with Crippen LogP contribution in [-0.4, -0.2) is 30.1 Å². The first-order chi connectivity index (χ1) is 8.08. The topological polar surface area (TPSA) is 29.3 Å². The first-order valence-electron chi connectivity index (χ1n) is 7.55. The second-order valence-electron chi connectivity index (χ2n) is 6.70. The van der Waals surface area contributed by atoms with Gasteiger partial charge in [0, 0.05) is 18.1 Å². The molecule has 3 atom stereocenters. The summed E-state index contributed by atoms with van der Waals surface area (Å²) >= 11 is 0. The van der Waals surface area contributed by atoms with Crippen LogP contribution < -0.4 is 5.73 Å². The molecule has 17 heavy (non-hydrogen) atoms. The van der Waals surface area contributed by atoms with Crippen LogP contribution in [-0.2, 0) is 0 Å². The van der Waals surface area contributed by atoms with Crippen molar-refractivity contribution < 1.29 is 0 Å². The van der Waals surface area contributed by atoms with Gasteiger partial charge in [0.1, 0.15) is 0 Å². The molecule has 0 spiro atoms. The van der Waals surface area contributed by atoms with Crippen molar-refractivity contribution in [2.24, 2.45) is 17.6 Å². The molecule has 0 aromatic heterocycles. The molecular weight excluding hydrogens is 208 g/mol. The number of hydrogen-bond donors (Lipinski definition) is 1. The Balaban J connectivity index is 1.91. The zero-order valence-corrected chi connectivity index (χ0v) is 11.9. The van der Waals surface area contributed by atoms with E-state index in [1.807, 2.05) is 0 Å². The fourth-order valence-corrected chi connectivity index (χ4v) is 3.85. The summed E-state index contributed by atoms with van der Waals surface area (Å²) in [5.41, 5.74) is 6.01. The summed E-state index contributed by atoms with van der Waals surface area (Å²) in [6.07, 6.45) is 9.34. The van der Waals surface area contributed by atoms with E-state index in [1.54, 1.807) is 0 Å². The fraction of sp³-hybridized carbons (Fsp3) is 1.00. The van der Waals surface area contributed by atoms with Crippen LogP contribution in [0.25, 0.3) is 0 Å². The van der Waals surface area contributed by atoms with Crippen LogP contribution >= 0.6 is 0 Å². The molecule has 0 bridgehead atoms. The predicted molar refractivity (Wildman–Crippen MR) is 74.0 cm³/mol.